The Kier molecular flexibility index (Phi) is 6.41. The lowest BCUT2D eigenvalue weighted by Gasteiger charge is -2.36. The van der Waals surface area contributed by atoms with Crippen molar-refractivity contribution < 1.29 is 14.3 Å². The number of rotatable bonds is 5. The first-order chi connectivity index (χ1) is 13.5. The number of ether oxygens (including phenoxy) is 1. The molecular formula is C21H24ClN3O3. The predicted molar refractivity (Wildman–Crippen MR) is 111 cm³/mol. The van der Waals surface area contributed by atoms with Gasteiger partial charge in [0.25, 0.3) is 5.91 Å². The average molecular weight is 402 g/mol. The molecule has 2 aromatic rings. The van der Waals surface area contributed by atoms with Gasteiger partial charge < -0.3 is 19.9 Å². The summed E-state index contributed by atoms with van der Waals surface area (Å²) in [6, 6.07) is 12.5. The van der Waals surface area contributed by atoms with Crippen molar-refractivity contribution in [3.05, 3.63) is 53.1 Å². The van der Waals surface area contributed by atoms with Gasteiger partial charge in [-0.1, -0.05) is 17.7 Å². The van der Waals surface area contributed by atoms with Crippen molar-refractivity contribution in [2.75, 3.05) is 43.0 Å². The highest BCUT2D eigenvalue weighted by Crippen LogP contribution is 2.30. The summed E-state index contributed by atoms with van der Waals surface area (Å²) < 4.78 is 5.44. The van der Waals surface area contributed by atoms with Crippen LogP contribution < -0.4 is 15.0 Å². The van der Waals surface area contributed by atoms with E-state index in [1.165, 1.54) is 0 Å². The molecule has 1 aliphatic heterocycles. The Balaban J connectivity index is 1.66. The lowest BCUT2D eigenvalue weighted by Crippen LogP contribution is -2.48. The fourth-order valence-electron chi connectivity index (χ4n) is 3.20. The van der Waals surface area contributed by atoms with Gasteiger partial charge in [0, 0.05) is 44.4 Å². The molecule has 1 N–H and O–H groups in total. The van der Waals surface area contributed by atoms with Gasteiger partial charge in [-0.05, 0) is 43.3 Å². The molecule has 7 heteroatoms. The van der Waals surface area contributed by atoms with Crippen LogP contribution in [0.25, 0.3) is 0 Å². The van der Waals surface area contributed by atoms with Crippen molar-refractivity contribution in [2.24, 2.45) is 0 Å². The maximum atomic E-state index is 12.5. The van der Waals surface area contributed by atoms with Crippen molar-refractivity contribution in [3.63, 3.8) is 0 Å². The van der Waals surface area contributed by atoms with Crippen LogP contribution in [0.3, 0.4) is 0 Å². The molecule has 1 fully saturated rings. The number of amides is 2. The van der Waals surface area contributed by atoms with Crippen molar-refractivity contribution in [2.45, 2.75) is 13.8 Å². The Hall–Kier alpha value is -2.73. The summed E-state index contributed by atoms with van der Waals surface area (Å²) in [5.74, 6) is 0.533. The van der Waals surface area contributed by atoms with E-state index in [9.17, 15) is 9.59 Å². The minimum absolute atomic E-state index is 0.0946. The van der Waals surface area contributed by atoms with E-state index in [0.29, 0.717) is 41.7 Å². The van der Waals surface area contributed by atoms with Crippen molar-refractivity contribution in [1.82, 2.24) is 4.90 Å². The molecule has 1 saturated heterocycles. The molecular weight excluding hydrogens is 378 g/mol. The number of hydrogen-bond acceptors (Lipinski definition) is 4. The molecule has 0 unspecified atom stereocenters. The van der Waals surface area contributed by atoms with E-state index in [1.54, 1.807) is 31.2 Å². The zero-order valence-electron chi connectivity index (χ0n) is 16.1. The SMILES string of the molecule is CCOc1cccc(C(=O)Nc2ccc(N3CCN(C(C)=O)CC3)c(Cl)c2)c1. The minimum Gasteiger partial charge on any atom is -0.494 e. The standard InChI is InChI=1S/C21H24ClN3O3/c1-3-28-18-6-4-5-16(13-18)21(27)23-17-7-8-20(19(22)14-17)25-11-9-24(10-12-25)15(2)26/h4-8,13-14H,3,9-12H2,1-2H3,(H,23,27). The van der Waals surface area contributed by atoms with E-state index >= 15 is 0 Å². The van der Waals surface area contributed by atoms with E-state index in [0.717, 1.165) is 18.8 Å². The van der Waals surface area contributed by atoms with Crippen molar-refractivity contribution in [1.29, 1.82) is 0 Å². The fourth-order valence-corrected chi connectivity index (χ4v) is 3.50. The molecule has 148 valence electrons. The number of hydrogen-bond donors (Lipinski definition) is 1. The van der Waals surface area contributed by atoms with E-state index in [2.05, 4.69) is 10.2 Å². The van der Waals surface area contributed by atoms with Gasteiger partial charge in [0.15, 0.2) is 0 Å². The smallest absolute Gasteiger partial charge is 0.255 e. The Morgan fingerprint density at radius 3 is 2.50 bits per heavy atom. The number of carbonyl (C=O) groups excluding carboxylic acids is 2. The minimum atomic E-state index is -0.222. The summed E-state index contributed by atoms with van der Waals surface area (Å²) in [5, 5.41) is 3.44. The van der Waals surface area contributed by atoms with Crippen LogP contribution in [0.1, 0.15) is 24.2 Å². The highest BCUT2D eigenvalue weighted by Gasteiger charge is 2.20. The summed E-state index contributed by atoms with van der Waals surface area (Å²) in [4.78, 5) is 28.0. The molecule has 1 aliphatic rings. The normalized spacial score (nSPS) is 14.0. The lowest BCUT2D eigenvalue weighted by molar-refractivity contribution is -0.129. The van der Waals surface area contributed by atoms with Crippen LogP contribution in [-0.2, 0) is 4.79 Å². The van der Waals surface area contributed by atoms with Gasteiger partial charge in [-0.25, -0.2) is 0 Å². The second kappa shape index (κ2) is 8.97. The number of piperazine rings is 1. The van der Waals surface area contributed by atoms with Gasteiger partial charge in [0.1, 0.15) is 5.75 Å². The van der Waals surface area contributed by atoms with Gasteiger partial charge in [-0.15, -0.1) is 0 Å². The molecule has 28 heavy (non-hydrogen) atoms. The Morgan fingerprint density at radius 2 is 1.86 bits per heavy atom. The van der Waals surface area contributed by atoms with Crippen molar-refractivity contribution in [3.8, 4) is 5.75 Å². The topological polar surface area (TPSA) is 61.9 Å². The largest absolute Gasteiger partial charge is 0.494 e. The molecule has 0 saturated carbocycles. The second-order valence-corrected chi connectivity index (χ2v) is 6.98. The molecule has 3 rings (SSSR count). The number of nitrogens with one attached hydrogen (secondary N) is 1. The molecule has 6 nitrogen and oxygen atoms in total. The molecule has 0 bridgehead atoms. The first kappa shape index (κ1) is 20.0. The maximum Gasteiger partial charge on any atom is 0.255 e. The summed E-state index contributed by atoms with van der Waals surface area (Å²) in [6.07, 6.45) is 0. The number of halogens is 1. The quantitative estimate of drug-likeness (QED) is 0.830. The van der Waals surface area contributed by atoms with Gasteiger partial charge in [-0.2, -0.15) is 0 Å². The summed E-state index contributed by atoms with van der Waals surface area (Å²) in [6.45, 7) is 6.86. The van der Waals surface area contributed by atoms with E-state index in [1.807, 2.05) is 30.0 Å². The summed E-state index contributed by atoms with van der Waals surface area (Å²) in [5.41, 5.74) is 2.05. The third-order valence-electron chi connectivity index (χ3n) is 4.68. The number of anilines is 2. The number of carbonyl (C=O) groups is 2. The first-order valence-corrected chi connectivity index (χ1v) is 9.70. The Labute approximate surface area is 170 Å². The fraction of sp³-hybridized carbons (Fsp3) is 0.333. The molecule has 1 heterocycles. The molecule has 0 aliphatic carbocycles. The van der Waals surface area contributed by atoms with Crippen molar-refractivity contribution >= 4 is 34.8 Å². The van der Waals surface area contributed by atoms with Crippen LogP contribution in [0.4, 0.5) is 11.4 Å². The van der Waals surface area contributed by atoms with Crippen LogP contribution in [-0.4, -0.2) is 49.5 Å². The third-order valence-corrected chi connectivity index (χ3v) is 4.98. The Bertz CT molecular complexity index is 864. The molecule has 0 aromatic heterocycles. The van der Waals surface area contributed by atoms with Crippen LogP contribution >= 0.6 is 11.6 Å². The lowest BCUT2D eigenvalue weighted by atomic mass is 10.2. The molecule has 2 aromatic carbocycles. The van der Waals surface area contributed by atoms with E-state index < -0.39 is 0 Å². The molecule has 0 radical (unpaired) electrons. The molecule has 0 spiro atoms. The van der Waals surface area contributed by atoms with Gasteiger partial charge in [0.2, 0.25) is 5.91 Å². The van der Waals surface area contributed by atoms with Gasteiger partial charge in [-0.3, -0.25) is 9.59 Å². The third kappa shape index (κ3) is 4.75. The monoisotopic (exact) mass is 401 g/mol. The van der Waals surface area contributed by atoms with Crippen LogP contribution in [0.15, 0.2) is 42.5 Å². The van der Waals surface area contributed by atoms with Gasteiger partial charge in [0.05, 0.1) is 17.3 Å². The zero-order chi connectivity index (χ0) is 20.1. The molecule has 0 atom stereocenters. The van der Waals surface area contributed by atoms with E-state index in [-0.39, 0.29) is 11.8 Å². The van der Waals surface area contributed by atoms with Crippen LogP contribution in [0, 0.1) is 0 Å². The van der Waals surface area contributed by atoms with Crippen LogP contribution in [0.2, 0.25) is 5.02 Å². The molecule has 2 amide bonds. The summed E-state index contributed by atoms with van der Waals surface area (Å²) in [7, 11) is 0. The highest BCUT2D eigenvalue weighted by molar-refractivity contribution is 6.33. The zero-order valence-corrected chi connectivity index (χ0v) is 16.8. The maximum absolute atomic E-state index is 12.5. The highest BCUT2D eigenvalue weighted by atomic mass is 35.5. The first-order valence-electron chi connectivity index (χ1n) is 9.32. The predicted octanol–water partition coefficient (Wildman–Crippen LogP) is 3.66. The Morgan fingerprint density at radius 1 is 1.11 bits per heavy atom. The van der Waals surface area contributed by atoms with E-state index in [4.69, 9.17) is 16.3 Å². The van der Waals surface area contributed by atoms with Gasteiger partial charge >= 0.3 is 0 Å². The number of nitrogens with zero attached hydrogens (tertiary/aromatic N) is 2. The average Bonchev–Trinajstić information content (AvgIpc) is 2.69. The number of benzene rings is 2. The summed E-state index contributed by atoms with van der Waals surface area (Å²) >= 11 is 6.46. The van der Waals surface area contributed by atoms with Crippen LogP contribution in [0.5, 0.6) is 5.75 Å². The second-order valence-electron chi connectivity index (χ2n) is 6.57.